The molecule has 0 bridgehead atoms. The zero-order chi connectivity index (χ0) is 20.4. The first-order chi connectivity index (χ1) is 14.0. The van der Waals surface area contributed by atoms with Gasteiger partial charge < -0.3 is 0 Å². The Labute approximate surface area is 192 Å². The van der Waals surface area contributed by atoms with Gasteiger partial charge in [-0.15, -0.1) is 0 Å². The van der Waals surface area contributed by atoms with E-state index in [0.29, 0.717) is 16.3 Å². The van der Waals surface area contributed by atoms with Crippen molar-refractivity contribution in [3.05, 3.63) is 91.7 Å². The maximum absolute atomic E-state index is 13.3. The number of fused-ring (bicyclic) bond motifs is 1. The van der Waals surface area contributed by atoms with E-state index in [1.807, 2.05) is 36.4 Å². The molecule has 4 nitrogen and oxygen atoms in total. The van der Waals surface area contributed by atoms with Crippen LogP contribution in [0.4, 0.5) is 9.52 Å². The molecule has 4 aromatic rings. The molecule has 144 valence electrons. The summed E-state index contributed by atoms with van der Waals surface area (Å²) in [6.07, 6.45) is 1.52. The van der Waals surface area contributed by atoms with Crippen LogP contribution in [-0.4, -0.2) is 17.1 Å². The normalized spacial score (nSPS) is 11.3. The lowest BCUT2D eigenvalue weighted by Crippen LogP contribution is -2.26. The Balaban J connectivity index is 1.78. The topological polar surface area (TPSA) is 45.6 Å². The Kier molecular flexibility index (Phi) is 6.02. The first-order valence-corrected chi connectivity index (χ1v) is 11.1. The number of carbonyl (C=O) groups excluding carboxylic acids is 1. The molecule has 0 saturated heterocycles. The molecule has 1 amide bonds. The molecule has 0 atom stereocenters. The summed E-state index contributed by atoms with van der Waals surface area (Å²) in [5, 5.41) is 6.15. The van der Waals surface area contributed by atoms with E-state index in [1.165, 1.54) is 34.7 Å². The van der Waals surface area contributed by atoms with Gasteiger partial charge in [0.25, 0.3) is 5.91 Å². The van der Waals surface area contributed by atoms with Crippen molar-refractivity contribution in [2.45, 2.75) is 0 Å². The van der Waals surface area contributed by atoms with Gasteiger partial charge in [0.05, 0.1) is 22.0 Å². The van der Waals surface area contributed by atoms with E-state index in [1.54, 1.807) is 18.2 Å². The highest BCUT2D eigenvalue weighted by Crippen LogP contribution is 2.32. The number of hydrogen-bond donors (Lipinski definition) is 0. The molecule has 0 radical (unpaired) electrons. The fraction of sp³-hybridized carbons (Fsp3) is 0. The van der Waals surface area contributed by atoms with E-state index in [-0.39, 0.29) is 11.7 Å². The van der Waals surface area contributed by atoms with Crippen molar-refractivity contribution in [1.82, 2.24) is 4.98 Å². The second-order valence-electron chi connectivity index (χ2n) is 6.00. The Morgan fingerprint density at radius 3 is 2.66 bits per heavy atom. The van der Waals surface area contributed by atoms with Crippen molar-refractivity contribution in [3.8, 4) is 0 Å². The number of halogens is 3. The quantitative estimate of drug-likeness (QED) is 0.158. The first-order valence-electron chi connectivity index (χ1n) is 8.46. The van der Waals surface area contributed by atoms with Gasteiger partial charge in [0, 0.05) is 8.04 Å². The zero-order valence-electron chi connectivity index (χ0n) is 14.7. The van der Waals surface area contributed by atoms with E-state index < -0.39 is 0 Å². The summed E-state index contributed by atoms with van der Waals surface area (Å²) < 4.78 is 15.9. The predicted octanol–water partition coefficient (Wildman–Crippen LogP) is 6.48. The maximum atomic E-state index is 13.3. The summed E-state index contributed by atoms with van der Waals surface area (Å²) in [4.78, 5) is 17.9. The molecular weight excluding hydrogens is 568 g/mol. The number of hydrogen-bond acceptors (Lipinski definition) is 4. The molecule has 3 aromatic carbocycles. The van der Waals surface area contributed by atoms with Gasteiger partial charge in [0.1, 0.15) is 5.82 Å². The second kappa shape index (κ2) is 8.68. The number of carbonyl (C=O) groups is 1. The number of amides is 1. The van der Waals surface area contributed by atoms with Crippen LogP contribution in [0.15, 0.2) is 76.3 Å². The molecule has 29 heavy (non-hydrogen) atoms. The first kappa shape index (κ1) is 20.1. The van der Waals surface area contributed by atoms with Crippen LogP contribution in [0.1, 0.15) is 15.9 Å². The number of rotatable bonds is 4. The largest absolute Gasteiger partial charge is 0.281 e. The minimum Gasteiger partial charge on any atom is -0.267 e. The lowest BCUT2D eigenvalue weighted by molar-refractivity contribution is 0.0987. The smallest absolute Gasteiger partial charge is 0.267 e. The number of nitrogens with zero attached hydrogens (tertiary/aromatic N) is 3. The van der Waals surface area contributed by atoms with E-state index in [0.717, 1.165) is 18.3 Å². The van der Waals surface area contributed by atoms with Gasteiger partial charge in [0.15, 0.2) is 0 Å². The summed E-state index contributed by atoms with van der Waals surface area (Å²) >= 11 is 6.96. The summed E-state index contributed by atoms with van der Waals surface area (Å²) in [5.74, 6) is -0.614. The number of anilines is 1. The van der Waals surface area contributed by atoms with Gasteiger partial charge in [-0.1, -0.05) is 51.5 Å². The van der Waals surface area contributed by atoms with Gasteiger partial charge in [-0.05, 0) is 70.6 Å². The van der Waals surface area contributed by atoms with Gasteiger partial charge in [-0.25, -0.2) is 9.37 Å². The van der Waals surface area contributed by atoms with Gasteiger partial charge in [0.2, 0.25) is 5.13 Å². The zero-order valence-corrected chi connectivity index (χ0v) is 19.3. The standard InChI is InChI=1S/C21H12BrFIN3OS/c22-14-7-10-18-19(11-14)29-21(26-18)27(20(28)16-3-1-2-4-17(16)24)25-12-13-5-8-15(23)9-6-13/h1-12H/b25-12+. The summed E-state index contributed by atoms with van der Waals surface area (Å²) in [7, 11) is 0. The fourth-order valence-corrected chi connectivity index (χ4v) is 4.68. The van der Waals surface area contributed by atoms with Gasteiger partial charge >= 0.3 is 0 Å². The fourth-order valence-electron chi connectivity index (χ4n) is 2.59. The van der Waals surface area contributed by atoms with Gasteiger partial charge in [-0.2, -0.15) is 10.1 Å². The molecular formula is C21H12BrFIN3OS. The highest BCUT2D eigenvalue weighted by atomic mass is 127. The molecule has 0 N–H and O–H groups in total. The molecule has 4 rings (SSSR count). The third-order valence-corrected chi connectivity index (χ3v) is 6.44. The van der Waals surface area contributed by atoms with Crippen molar-refractivity contribution in [2.75, 3.05) is 5.01 Å². The van der Waals surface area contributed by atoms with Crippen LogP contribution in [-0.2, 0) is 0 Å². The lowest BCUT2D eigenvalue weighted by Gasteiger charge is -2.14. The van der Waals surface area contributed by atoms with E-state index in [2.05, 4.69) is 48.6 Å². The Bertz CT molecular complexity index is 1230. The van der Waals surface area contributed by atoms with E-state index >= 15 is 0 Å². The molecule has 0 unspecified atom stereocenters. The van der Waals surface area contributed by atoms with Crippen LogP contribution in [0.5, 0.6) is 0 Å². The highest BCUT2D eigenvalue weighted by molar-refractivity contribution is 14.1. The second-order valence-corrected chi connectivity index (χ2v) is 9.09. The molecule has 1 heterocycles. The molecule has 0 aliphatic carbocycles. The van der Waals surface area contributed by atoms with Crippen LogP contribution in [0.3, 0.4) is 0 Å². The maximum Gasteiger partial charge on any atom is 0.281 e. The Hall–Kier alpha value is -2.17. The molecule has 8 heteroatoms. The summed E-state index contributed by atoms with van der Waals surface area (Å²) in [6.45, 7) is 0. The average Bonchev–Trinajstić information content (AvgIpc) is 3.12. The number of aromatic nitrogens is 1. The predicted molar refractivity (Wildman–Crippen MR) is 127 cm³/mol. The van der Waals surface area contributed by atoms with E-state index in [9.17, 15) is 9.18 Å². The van der Waals surface area contributed by atoms with Crippen molar-refractivity contribution in [1.29, 1.82) is 0 Å². The number of benzene rings is 3. The Morgan fingerprint density at radius 2 is 1.90 bits per heavy atom. The Morgan fingerprint density at radius 1 is 1.14 bits per heavy atom. The monoisotopic (exact) mass is 579 g/mol. The molecule has 0 spiro atoms. The minimum atomic E-state index is -0.328. The third kappa shape index (κ3) is 4.54. The van der Waals surface area contributed by atoms with Crippen LogP contribution < -0.4 is 5.01 Å². The number of hydrazone groups is 1. The van der Waals surface area contributed by atoms with E-state index in [4.69, 9.17) is 0 Å². The van der Waals surface area contributed by atoms with Crippen LogP contribution in [0.25, 0.3) is 10.2 Å². The molecule has 0 saturated carbocycles. The highest BCUT2D eigenvalue weighted by Gasteiger charge is 2.22. The average molecular weight is 580 g/mol. The lowest BCUT2D eigenvalue weighted by atomic mass is 10.2. The van der Waals surface area contributed by atoms with Crippen LogP contribution in [0.2, 0.25) is 0 Å². The van der Waals surface area contributed by atoms with Gasteiger partial charge in [-0.3, -0.25) is 4.79 Å². The summed E-state index contributed by atoms with van der Waals surface area (Å²) in [5.41, 5.74) is 1.99. The summed E-state index contributed by atoms with van der Waals surface area (Å²) in [6, 6.07) is 19.0. The van der Waals surface area contributed by atoms with Crippen molar-refractivity contribution in [3.63, 3.8) is 0 Å². The number of thiazole rings is 1. The van der Waals surface area contributed by atoms with Crippen LogP contribution in [0, 0.1) is 9.39 Å². The van der Waals surface area contributed by atoms with Crippen molar-refractivity contribution >= 4 is 77.3 Å². The molecule has 0 aliphatic heterocycles. The molecule has 0 aliphatic rings. The van der Waals surface area contributed by atoms with Crippen molar-refractivity contribution < 1.29 is 9.18 Å². The minimum absolute atomic E-state index is 0.286. The molecule has 1 aromatic heterocycles. The third-order valence-electron chi connectivity index (χ3n) is 4.01. The van der Waals surface area contributed by atoms with Crippen LogP contribution >= 0.6 is 49.9 Å². The van der Waals surface area contributed by atoms with Crippen molar-refractivity contribution in [2.24, 2.45) is 5.10 Å². The molecule has 0 fully saturated rings. The SMILES string of the molecule is O=C(c1ccccc1I)N(/N=C/c1ccc(F)cc1)c1nc2ccc(Br)cc2s1.